The first-order chi connectivity index (χ1) is 12.0. The fraction of sp³-hybridized carbons (Fsp3) is 0.579. The largest absolute Gasteiger partial charge is 0.355 e. The van der Waals surface area contributed by atoms with Gasteiger partial charge in [-0.2, -0.15) is 0 Å². The van der Waals surface area contributed by atoms with Crippen molar-refractivity contribution in [2.24, 2.45) is 4.99 Å². The molecule has 0 bridgehead atoms. The molecule has 0 aromatic heterocycles. The Balaban J connectivity index is 0.00000338. The van der Waals surface area contributed by atoms with Gasteiger partial charge in [-0.15, -0.1) is 35.7 Å². The Morgan fingerprint density at radius 1 is 1.27 bits per heavy atom. The van der Waals surface area contributed by atoms with Crippen molar-refractivity contribution in [1.29, 1.82) is 0 Å². The first-order valence-corrected chi connectivity index (χ1v) is 9.89. The lowest BCUT2D eigenvalue weighted by Crippen LogP contribution is -2.44. The van der Waals surface area contributed by atoms with Crippen LogP contribution >= 0.6 is 35.7 Å². The van der Waals surface area contributed by atoms with Crippen LogP contribution in [0.25, 0.3) is 0 Å². The minimum atomic E-state index is 0. The van der Waals surface area contributed by atoms with E-state index in [0.29, 0.717) is 11.3 Å². The first-order valence-electron chi connectivity index (χ1n) is 9.01. The van der Waals surface area contributed by atoms with E-state index in [1.807, 2.05) is 17.8 Å². The molecule has 1 unspecified atom stereocenters. The number of rotatable bonds is 7. The third-order valence-corrected chi connectivity index (χ3v) is 5.32. The number of likely N-dealkylation sites (N-methyl/N-ethyl adjacent to an activating group) is 1. The van der Waals surface area contributed by atoms with Gasteiger partial charge in [0.15, 0.2) is 5.96 Å². The molecule has 2 rings (SSSR count). The molecule has 26 heavy (non-hydrogen) atoms. The fourth-order valence-electron chi connectivity index (χ4n) is 2.72. The lowest BCUT2D eigenvalue weighted by atomic mass is 10.2. The van der Waals surface area contributed by atoms with E-state index in [0.717, 1.165) is 12.5 Å². The van der Waals surface area contributed by atoms with Gasteiger partial charge in [-0.25, -0.2) is 4.99 Å². The number of carbonyl (C=O) groups is 1. The topological polar surface area (TPSA) is 56.7 Å². The molecule has 146 valence electrons. The van der Waals surface area contributed by atoms with Gasteiger partial charge in [0.2, 0.25) is 5.91 Å². The van der Waals surface area contributed by atoms with E-state index in [1.54, 1.807) is 19.0 Å². The van der Waals surface area contributed by atoms with Crippen molar-refractivity contribution >= 4 is 47.6 Å². The van der Waals surface area contributed by atoms with Crippen LogP contribution in [0.4, 0.5) is 0 Å². The summed E-state index contributed by atoms with van der Waals surface area (Å²) in [5, 5.41) is 7.30. The number of carbonyl (C=O) groups excluding carboxylic acids is 1. The van der Waals surface area contributed by atoms with Crippen LogP contribution in [0, 0.1) is 0 Å². The molecule has 1 fully saturated rings. The quantitative estimate of drug-likeness (QED) is 0.267. The predicted molar refractivity (Wildman–Crippen MR) is 122 cm³/mol. The minimum Gasteiger partial charge on any atom is -0.355 e. The molecule has 1 aromatic rings. The van der Waals surface area contributed by atoms with Gasteiger partial charge in [0.1, 0.15) is 6.54 Å². The maximum Gasteiger partial charge on any atom is 0.243 e. The van der Waals surface area contributed by atoms with Gasteiger partial charge in [0.05, 0.1) is 0 Å². The van der Waals surface area contributed by atoms with Gasteiger partial charge in [-0.05, 0) is 25.0 Å². The highest BCUT2D eigenvalue weighted by Crippen LogP contribution is 2.22. The zero-order valence-corrected chi connectivity index (χ0v) is 19.1. The van der Waals surface area contributed by atoms with Crippen LogP contribution in [0.2, 0.25) is 0 Å². The molecule has 0 spiro atoms. The number of amides is 1. The number of halogens is 1. The molecule has 1 aliphatic rings. The summed E-state index contributed by atoms with van der Waals surface area (Å²) in [5.41, 5.74) is 0. The third-order valence-electron chi connectivity index (χ3n) is 4.20. The van der Waals surface area contributed by atoms with Crippen LogP contribution in [0.15, 0.2) is 40.2 Å². The Labute approximate surface area is 178 Å². The van der Waals surface area contributed by atoms with Crippen molar-refractivity contribution in [2.45, 2.75) is 48.8 Å². The molecule has 1 atom stereocenters. The zero-order chi connectivity index (χ0) is 18.1. The number of aliphatic imine (C=N–C) groups is 1. The molecular weight excluding hydrogens is 459 g/mol. The number of nitrogens with zero attached hydrogens (tertiary/aromatic N) is 2. The standard InChI is InChI=1S/C19H30N4OS.HI/c1-15(25-17-11-5-4-6-12-17)13-20-19(21-14-18(24)23(2)3)22-16-9-7-8-10-16;/h4-6,11-12,15-16H,7-10,13-14H2,1-3H3,(H2,20,21,22);1H. The zero-order valence-electron chi connectivity index (χ0n) is 15.9. The fourth-order valence-corrected chi connectivity index (χ4v) is 3.66. The number of guanidine groups is 1. The summed E-state index contributed by atoms with van der Waals surface area (Å²) < 4.78 is 0. The normalized spacial score (nSPS) is 15.9. The van der Waals surface area contributed by atoms with E-state index >= 15 is 0 Å². The van der Waals surface area contributed by atoms with E-state index in [-0.39, 0.29) is 36.4 Å². The number of benzene rings is 1. The van der Waals surface area contributed by atoms with Crippen molar-refractivity contribution in [3.8, 4) is 0 Å². The lowest BCUT2D eigenvalue weighted by Gasteiger charge is -2.20. The highest BCUT2D eigenvalue weighted by molar-refractivity contribution is 14.0. The number of nitrogens with one attached hydrogen (secondary N) is 2. The van der Waals surface area contributed by atoms with Crippen LogP contribution in [-0.2, 0) is 4.79 Å². The number of thioether (sulfide) groups is 1. The van der Waals surface area contributed by atoms with Gasteiger partial charge in [-0.3, -0.25) is 4.79 Å². The monoisotopic (exact) mass is 490 g/mol. The molecule has 1 aliphatic carbocycles. The summed E-state index contributed by atoms with van der Waals surface area (Å²) in [6.45, 7) is 3.17. The van der Waals surface area contributed by atoms with E-state index in [2.05, 4.69) is 46.8 Å². The SMILES string of the molecule is CC(CNC(=NCC(=O)N(C)C)NC1CCCC1)Sc1ccccc1.I. The second kappa shape index (κ2) is 12.4. The summed E-state index contributed by atoms with van der Waals surface area (Å²) in [5.74, 6) is 0.766. The molecule has 5 nitrogen and oxygen atoms in total. The van der Waals surface area contributed by atoms with Crippen molar-refractivity contribution in [1.82, 2.24) is 15.5 Å². The van der Waals surface area contributed by atoms with Crippen molar-refractivity contribution in [2.75, 3.05) is 27.2 Å². The smallest absolute Gasteiger partial charge is 0.243 e. The highest BCUT2D eigenvalue weighted by Gasteiger charge is 2.17. The van der Waals surface area contributed by atoms with Crippen LogP contribution in [0.3, 0.4) is 0 Å². The van der Waals surface area contributed by atoms with Gasteiger partial charge in [0.25, 0.3) is 0 Å². The Bertz CT molecular complexity index is 562. The lowest BCUT2D eigenvalue weighted by molar-refractivity contribution is -0.127. The third kappa shape index (κ3) is 8.62. The highest BCUT2D eigenvalue weighted by atomic mass is 127. The molecular formula is C19H31IN4OS. The molecule has 0 saturated heterocycles. The summed E-state index contributed by atoms with van der Waals surface area (Å²) >= 11 is 1.84. The number of hydrogen-bond acceptors (Lipinski definition) is 3. The Kier molecular flexibility index (Phi) is 11.0. The average Bonchev–Trinajstić information content (AvgIpc) is 3.10. The van der Waals surface area contributed by atoms with Crippen LogP contribution < -0.4 is 10.6 Å². The summed E-state index contributed by atoms with van der Waals surface area (Å²) in [7, 11) is 3.52. The van der Waals surface area contributed by atoms with E-state index in [4.69, 9.17) is 0 Å². The molecule has 7 heteroatoms. The van der Waals surface area contributed by atoms with Crippen LogP contribution in [-0.4, -0.2) is 55.2 Å². The van der Waals surface area contributed by atoms with Gasteiger partial charge >= 0.3 is 0 Å². The van der Waals surface area contributed by atoms with E-state index in [1.165, 1.54) is 30.6 Å². The molecule has 1 aromatic carbocycles. The maximum atomic E-state index is 11.8. The summed E-state index contributed by atoms with van der Waals surface area (Å²) in [4.78, 5) is 19.1. The minimum absolute atomic E-state index is 0. The summed E-state index contributed by atoms with van der Waals surface area (Å²) in [6.07, 6.45) is 4.89. The van der Waals surface area contributed by atoms with E-state index < -0.39 is 0 Å². The first kappa shape index (κ1) is 23.1. The second-order valence-electron chi connectivity index (χ2n) is 6.70. The maximum absolute atomic E-state index is 11.8. The Morgan fingerprint density at radius 2 is 1.92 bits per heavy atom. The van der Waals surface area contributed by atoms with Crippen molar-refractivity contribution in [3.63, 3.8) is 0 Å². The predicted octanol–water partition coefficient (Wildman–Crippen LogP) is 3.35. The van der Waals surface area contributed by atoms with Crippen molar-refractivity contribution in [3.05, 3.63) is 30.3 Å². The number of hydrogen-bond donors (Lipinski definition) is 2. The van der Waals surface area contributed by atoms with Gasteiger partial charge in [-0.1, -0.05) is 38.0 Å². The van der Waals surface area contributed by atoms with Crippen molar-refractivity contribution < 1.29 is 4.79 Å². The van der Waals surface area contributed by atoms with E-state index in [9.17, 15) is 4.79 Å². The Morgan fingerprint density at radius 3 is 2.54 bits per heavy atom. The van der Waals surface area contributed by atoms with Crippen LogP contribution in [0.1, 0.15) is 32.6 Å². The molecule has 0 heterocycles. The van der Waals surface area contributed by atoms with Gasteiger partial charge < -0.3 is 15.5 Å². The van der Waals surface area contributed by atoms with Crippen LogP contribution in [0.5, 0.6) is 0 Å². The van der Waals surface area contributed by atoms with Gasteiger partial charge in [0, 0.05) is 36.8 Å². The molecule has 2 N–H and O–H groups in total. The molecule has 1 saturated carbocycles. The molecule has 0 radical (unpaired) electrons. The molecule has 0 aliphatic heterocycles. The molecule has 1 amide bonds. The Hall–Kier alpha value is -0.960. The average molecular weight is 490 g/mol. The second-order valence-corrected chi connectivity index (χ2v) is 8.21. The summed E-state index contributed by atoms with van der Waals surface area (Å²) in [6, 6.07) is 10.9.